The number of carbonyl (C=O) groups excluding carboxylic acids is 1. The first-order chi connectivity index (χ1) is 10.1. The molecule has 2 atom stereocenters. The van der Waals surface area contributed by atoms with E-state index in [9.17, 15) is 4.79 Å². The molecule has 3 rings (SSSR count). The number of benzene rings is 1. The van der Waals surface area contributed by atoms with Gasteiger partial charge in [0, 0.05) is 27.7 Å². The minimum Gasteiger partial charge on any atom is -0.397 e. The molecular weight excluding hydrogens is 352 g/mol. The van der Waals surface area contributed by atoms with Crippen LogP contribution in [0, 0.1) is 0 Å². The Labute approximate surface area is 135 Å². The summed E-state index contributed by atoms with van der Waals surface area (Å²) in [5.74, 6) is -0.0772. The zero-order chi connectivity index (χ0) is 15.0. The molecule has 112 valence electrons. The standard InChI is InChI=1S/C15H17BrN2O2S/c1-20-10-4-3-9(7-10)18-15(19)14-13(17)11-5-2-8(16)6-12(11)21-14/h2,5-6,9-10H,3-4,7,17H2,1H3,(H,18,19). The Hall–Kier alpha value is -1.11. The number of carbonyl (C=O) groups is 1. The highest BCUT2D eigenvalue weighted by Gasteiger charge is 2.27. The Balaban J connectivity index is 1.80. The maximum absolute atomic E-state index is 12.4. The molecular formula is C15H17BrN2O2S. The van der Waals surface area contributed by atoms with Gasteiger partial charge in [0.05, 0.1) is 11.8 Å². The molecule has 4 nitrogen and oxygen atoms in total. The minimum absolute atomic E-state index is 0.0772. The monoisotopic (exact) mass is 368 g/mol. The number of amides is 1. The van der Waals surface area contributed by atoms with Crippen LogP contribution in [-0.2, 0) is 4.74 Å². The molecule has 1 aromatic heterocycles. The Morgan fingerprint density at radius 1 is 1.48 bits per heavy atom. The number of nitrogen functional groups attached to an aromatic ring is 1. The summed E-state index contributed by atoms with van der Waals surface area (Å²) in [7, 11) is 1.72. The number of halogens is 1. The average Bonchev–Trinajstić information content (AvgIpc) is 3.03. The molecule has 1 aromatic carbocycles. The summed E-state index contributed by atoms with van der Waals surface area (Å²) >= 11 is 4.88. The molecule has 0 spiro atoms. The van der Waals surface area contributed by atoms with Gasteiger partial charge in [-0.25, -0.2) is 0 Å². The van der Waals surface area contributed by atoms with Gasteiger partial charge in [0.1, 0.15) is 4.88 Å². The number of rotatable bonds is 3. The number of fused-ring (bicyclic) bond motifs is 1. The van der Waals surface area contributed by atoms with E-state index in [2.05, 4.69) is 21.2 Å². The van der Waals surface area contributed by atoms with Crippen LogP contribution in [0.3, 0.4) is 0 Å². The van der Waals surface area contributed by atoms with Crippen LogP contribution < -0.4 is 11.1 Å². The number of nitrogens with one attached hydrogen (secondary N) is 1. The van der Waals surface area contributed by atoms with Crippen molar-refractivity contribution in [3.8, 4) is 0 Å². The number of hydrogen-bond donors (Lipinski definition) is 2. The number of ether oxygens (including phenoxy) is 1. The summed E-state index contributed by atoms with van der Waals surface area (Å²) in [4.78, 5) is 13.0. The predicted molar refractivity (Wildman–Crippen MR) is 89.8 cm³/mol. The smallest absolute Gasteiger partial charge is 0.263 e. The maximum atomic E-state index is 12.4. The van der Waals surface area contributed by atoms with Crippen LogP contribution in [-0.4, -0.2) is 25.2 Å². The molecule has 2 aromatic rings. The van der Waals surface area contributed by atoms with Crippen LogP contribution in [0.5, 0.6) is 0 Å². The first-order valence-corrected chi connectivity index (χ1v) is 8.50. The highest BCUT2D eigenvalue weighted by atomic mass is 79.9. The molecule has 6 heteroatoms. The second-order valence-electron chi connectivity index (χ2n) is 5.33. The number of hydrogen-bond acceptors (Lipinski definition) is 4. The van der Waals surface area contributed by atoms with E-state index in [-0.39, 0.29) is 18.1 Å². The van der Waals surface area contributed by atoms with Crippen LogP contribution in [0.2, 0.25) is 0 Å². The molecule has 1 saturated carbocycles. The van der Waals surface area contributed by atoms with Gasteiger partial charge in [-0.3, -0.25) is 4.79 Å². The third-order valence-corrected chi connectivity index (χ3v) is 5.61. The lowest BCUT2D eigenvalue weighted by Crippen LogP contribution is -2.33. The van der Waals surface area contributed by atoms with Crippen molar-refractivity contribution in [1.29, 1.82) is 0 Å². The van der Waals surface area contributed by atoms with Crippen molar-refractivity contribution in [3.05, 3.63) is 27.5 Å². The summed E-state index contributed by atoms with van der Waals surface area (Å²) in [6, 6.07) is 6.05. The molecule has 21 heavy (non-hydrogen) atoms. The summed E-state index contributed by atoms with van der Waals surface area (Å²) in [6.07, 6.45) is 3.08. The van der Waals surface area contributed by atoms with Crippen molar-refractivity contribution in [2.24, 2.45) is 0 Å². The summed E-state index contributed by atoms with van der Waals surface area (Å²) < 4.78 is 7.34. The van der Waals surface area contributed by atoms with Gasteiger partial charge in [-0.1, -0.05) is 22.0 Å². The molecule has 1 amide bonds. The molecule has 1 fully saturated rings. The van der Waals surface area contributed by atoms with E-state index in [1.54, 1.807) is 7.11 Å². The molecule has 0 saturated heterocycles. The van der Waals surface area contributed by atoms with Crippen LogP contribution in [0.15, 0.2) is 22.7 Å². The van der Waals surface area contributed by atoms with Crippen molar-refractivity contribution >= 4 is 48.9 Å². The van der Waals surface area contributed by atoms with E-state index >= 15 is 0 Å². The van der Waals surface area contributed by atoms with Gasteiger partial charge in [0.15, 0.2) is 0 Å². The fourth-order valence-electron chi connectivity index (χ4n) is 2.80. The third-order valence-electron chi connectivity index (χ3n) is 3.95. The zero-order valence-corrected chi connectivity index (χ0v) is 14.1. The highest BCUT2D eigenvalue weighted by Crippen LogP contribution is 2.35. The van der Waals surface area contributed by atoms with Gasteiger partial charge in [-0.05, 0) is 31.4 Å². The lowest BCUT2D eigenvalue weighted by atomic mass is 10.2. The second kappa shape index (κ2) is 5.94. The SMILES string of the molecule is COC1CCC(NC(=O)c2sc3cc(Br)ccc3c2N)C1. The number of anilines is 1. The lowest BCUT2D eigenvalue weighted by molar-refractivity contribution is 0.0919. The topological polar surface area (TPSA) is 64.3 Å². The number of thiophene rings is 1. The van der Waals surface area contributed by atoms with E-state index in [1.807, 2.05) is 18.2 Å². The summed E-state index contributed by atoms with van der Waals surface area (Å²) in [6.45, 7) is 0. The van der Waals surface area contributed by atoms with Gasteiger partial charge in [0.25, 0.3) is 5.91 Å². The van der Waals surface area contributed by atoms with Crippen molar-refractivity contribution in [2.45, 2.75) is 31.4 Å². The van der Waals surface area contributed by atoms with Crippen molar-refractivity contribution in [1.82, 2.24) is 5.32 Å². The Morgan fingerprint density at radius 3 is 3.00 bits per heavy atom. The number of methoxy groups -OCH3 is 1. The van der Waals surface area contributed by atoms with Gasteiger partial charge in [-0.2, -0.15) is 0 Å². The molecule has 3 N–H and O–H groups in total. The Morgan fingerprint density at radius 2 is 2.29 bits per heavy atom. The van der Waals surface area contributed by atoms with Crippen molar-refractivity contribution < 1.29 is 9.53 Å². The van der Waals surface area contributed by atoms with Crippen molar-refractivity contribution in [2.75, 3.05) is 12.8 Å². The molecule has 1 heterocycles. The average molecular weight is 369 g/mol. The molecule has 0 radical (unpaired) electrons. The summed E-state index contributed by atoms with van der Waals surface area (Å²) in [5, 5.41) is 4.02. The molecule has 1 aliphatic rings. The van der Waals surface area contributed by atoms with E-state index in [0.717, 1.165) is 33.8 Å². The Bertz CT molecular complexity index is 686. The summed E-state index contributed by atoms with van der Waals surface area (Å²) in [5.41, 5.74) is 6.70. The molecule has 1 aliphatic carbocycles. The maximum Gasteiger partial charge on any atom is 0.263 e. The quantitative estimate of drug-likeness (QED) is 0.870. The highest BCUT2D eigenvalue weighted by molar-refractivity contribution is 9.10. The molecule has 0 bridgehead atoms. The molecule has 0 aliphatic heterocycles. The normalized spacial score (nSPS) is 21.8. The first kappa shape index (κ1) is 14.8. The number of nitrogens with two attached hydrogens (primary N) is 1. The van der Waals surface area contributed by atoms with Crippen LogP contribution in [0.25, 0.3) is 10.1 Å². The van der Waals surface area contributed by atoms with Gasteiger partial charge >= 0.3 is 0 Å². The lowest BCUT2D eigenvalue weighted by Gasteiger charge is -2.12. The second-order valence-corrected chi connectivity index (χ2v) is 7.29. The van der Waals surface area contributed by atoms with Gasteiger partial charge in [-0.15, -0.1) is 11.3 Å². The van der Waals surface area contributed by atoms with Crippen LogP contribution >= 0.6 is 27.3 Å². The fourth-order valence-corrected chi connectivity index (χ4v) is 4.37. The van der Waals surface area contributed by atoms with Crippen LogP contribution in [0.1, 0.15) is 28.9 Å². The van der Waals surface area contributed by atoms with E-state index in [0.29, 0.717) is 10.6 Å². The van der Waals surface area contributed by atoms with Crippen molar-refractivity contribution in [3.63, 3.8) is 0 Å². The van der Waals surface area contributed by atoms with Crippen LogP contribution in [0.4, 0.5) is 5.69 Å². The zero-order valence-electron chi connectivity index (χ0n) is 11.7. The van der Waals surface area contributed by atoms with E-state index < -0.39 is 0 Å². The fraction of sp³-hybridized carbons (Fsp3) is 0.400. The predicted octanol–water partition coefficient (Wildman–Crippen LogP) is 3.54. The minimum atomic E-state index is -0.0772. The molecule has 2 unspecified atom stereocenters. The van der Waals surface area contributed by atoms with E-state index in [1.165, 1.54) is 11.3 Å². The third kappa shape index (κ3) is 2.93. The van der Waals surface area contributed by atoms with Gasteiger partial charge < -0.3 is 15.8 Å². The van der Waals surface area contributed by atoms with Gasteiger partial charge in [0.2, 0.25) is 0 Å². The first-order valence-electron chi connectivity index (χ1n) is 6.89. The van der Waals surface area contributed by atoms with E-state index in [4.69, 9.17) is 10.5 Å². The Kier molecular flexibility index (Phi) is 4.19. The largest absolute Gasteiger partial charge is 0.397 e.